The number of hydrogen-bond donors (Lipinski definition) is 1. The fraction of sp³-hybridized carbons (Fsp3) is 0.200. The van der Waals surface area contributed by atoms with Crippen LogP contribution in [0.5, 0.6) is 0 Å². The highest BCUT2D eigenvalue weighted by Gasteiger charge is 2.41. The molecule has 1 heterocycles. The van der Waals surface area contributed by atoms with Gasteiger partial charge in [0.05, 0.1) is 23.7 Å². The lowest BCUT2D eigenvalue weighted by molar-refractivity contribution is -0.138. The van der Waals surface area contributed by atoms with Crippen LogP contribution >= 0.6 is 23.2 Å². The average Bonchev–Trinajstić information content (AvgIpc) is 2.88. The van der Waals surface area contributed by atoms with Crippen LogP contribution in [-0.2, 0) is 16.1 Å². The summed E-state index contributed by atoms with van der Waals surface area (Å²) >= 11 is 12.3. The van der Waals surface area contributed by atoms with Crippen LogP contribution in [0.1, 0.15) is 11.1 Å². The van der Waals surface area contributed by atoms with E-state index in [0.717, 1.165) is 5.56 Å². The molecule has 7 heteroatoms. The van der Waals surface area contributed by atoms with Crippen LogP contribution < -0.4 is 0 Å². The molecule has 3 rings (SSSR count). The third-order valence-electron chi connectivity index (χ3n) is 4.34. The Kier molecular flexibility index (Phi) is 5.85. The average molecular weight is 405 g/mol. The smallest absolute Gasteiger partial charge is 0.278 e. The van der Waals surface area contributed by atoms with Crippen LogP contribution in [0, 0.1) is 0 Å². The van der Waals surface area contributed by atoms with E-state index < -0.39 is 11.8 Å². The quantitative estimate of drug-likeness (QED) is 0.750. The van der Waals surface area contributed by atoms with Crippen molar-refractivity contribution in [2.75, 3.05) is 20.2 Å². The Labute approximate surface area is 167 Å². The fourth-order valence-electron chi connectivity index (χ4n) is 3.02. The van der Waals surface area contributed by atoms with Gasteiger partial charge in [-0.1, -0.05) is 59.6 Å². The van der Waals surface area contributed by atoms with Crippen molar-refractivity contribution in [1.29, 1.82) is 0 Å². The Morgan fingerprint density at radius 1 is 1.04 bits per heavy atom. The van der Waals surface area contributed by atoms with Gasteiger partial charge >= 0.3 is 0 Å². The molecule has 27 heavy (non-hydrogen) atoms. The third-order valence-corrected chi connectivity index (χ3v) is 4.89. The zero-order valence-corrected chi connectivity index (χ0v) is 16.2. The van der Waals surface area contributed by atoms with E-state index in [1.54, 1.807) is 24.1 Å². The lowest BCUT2D eigenvalue weighted by Crippen LogP contribution is -2.34. The van der Waals surface area contributed by atoms with Crippen molar-refractivity contribution in [2.24, 2.45) is 0 Å². The Morgan fingerprint density at radius 3 is 2.37 bits per heavy atom. The summed E-state index contributed by atoms with van der Waals surface area (Å²) in [5, 5.41) is 10.0. The van der Waals surface area contributed by atoms with Crippen LogP contribution in [0.15, 0.2) is 54.2 Å². The van der Waals surface area contributed by atoms with E-state index >= 15 is 0 Å². The first-order chi connectivity index (χ1) is 12.9. The van der Waals surface area contributed by atoms with Gasteiger partial charge in [0, 0.05) is 24.2 Å². The minimum absolute atomic E-state index is 0.151. The van der Waals surface area contributed by atoms with E-state index in [1.165, 1.54) is 11.0 Å². The molecule has 0 bridgehead atoms. The van der Waals surface area contributed by atoms with Gasteiger partial charge in [0.2, 0.25) is 0 Å². The Bertz CT molecular complexity index is 913. The standard InChI is InChI=1S/C20H18Cl2N2O3/c1-23(9-10-25)18-17(15-8-7-14(21)11-16(15)22)19(26)24(20(18)27)12-13-5-3-2-4-6-13/h2-8,11,25H,9-10,12H2,1H3. The summed E-state index contributed by atoms with van der Waals surface area (Å²) in [5.41, 5.74) is 1.71. The number of nitrogens with zero attached hydrogens (tertiary/aromatic N) is 2. The van der Waals surface area contributed by atoms with E-state index in [4.69, 9.17) is 23.2 Å². The molecule has 2 aromatic rings. The predicted octanol–water partition coefficient (Wildman–Crippen LogP) is 3.20. The highest BCUT2D eigenvalue weighted by molar-refractivity contribution is 6.41. The van der Waals surface area contributed by atoms with Gasteiger partial charge in [0.25, 0.3) is 11.8 Å². The number of imide groups is 1. The van der Waals surface area contributed by atoms with Gasteiger partial charge in [-0.25, -0.2) is 0 Å². The molecule has 0 atom stereocenters. The molecule has 1 aliphatic rings. The van der Waals surface area contributed by atoms with Gasteiger partial charge in [-0.2, -0.15) is 0 Å². The normalized spacial score (nSPS) is 14.3. The summed E-state index contributed by atoms with van der Waals surface area (Å²) in [6, 6.07) is 14.1. The summed E-state index contributed by atoms with van der Waals surface area (Å²) in [4.78, 5) is 29.0. The van der Waals surface area contributed by atoms with Crippen LogP contribution in [0.4, 0.5) is 0 Å². The zero-order chi connectivity index (χ0) is 19.6. The molecule has 0 radical (unpaired) electrons. The lowest BCUT2D eigenvalue weighted by Gasteiger charge is -2.20. The Hall–Kier alpha value is -2.34. The van der Waals surface area contributed by atoms with E-state index in [9.17, 15) is 14.7 Å². The van der Waals surface area contributed by atoms with Crippen LogP contribution in [-0.4, -0.2) is 46.9 Å². The number of amides is 2. The molecule has 1 N–H and O–H groups in total. The maximum absolute atomic E-state index is 13.1. The van der Waals surface area contributed by atoms with Gasteiger partial charge in [-0.3, -0.25) is 14.5 Å². The van der Waals surface area contributed by atoms with E-state index in [-0.39, 0.29) is 36.0 Å². The molecule has 140 valence electrons. The van der Waals surface area contributed by atoms with Gasteiger partial charge < -0.3 is 10.0 Å². The molecule has 2 aromatic carbocycles. The number of aliphatic hydroxyl groups excluding tert-OH is 1. The first-order valence-electron chi connectivity index (χ1n) is 8.36. The first kappa shape index (κ1) is 19.4. The molecule has 0 saturated heterocycles. The van der Waals surface area contributed by atoms with Crippen molar-refractivity contribution >= 4 is 40.6 Å². The maximum Gasteiger partial charge on any atom is 0.278 e. The van der Waals surface area contributed by atoms with Gasteiger partial charge in [0.15, 0.2) is 0 Å². The van der Waals surface area contributed by atoms with Crippen molar-refractivity contribution < 1.29 is 14.7 Å². The maximum atomic E-state index is 13.1. The Balaban J connectivity index is 2.07. The number of carbonyl (C=O) groups is 2. The molecular weight excluding hydrogens is 387 g/mol. The molecular formula is C20H18Cl2N2O3. The molecule has 1 aliphatic heterocycles. The van der Waals surface area contributed by atoms with Crippen LogP contribution in [0.25, 0.3) is 5.57 Å². The SMILES string of the molecule is CN(CCO)C1=C(c2ccc(Cl)cc2Cl)C(=O)N(Cc2ccccc2)C1=O. The molecule has 0 saturated carbocycles. The summed E-state index contributed by atoms with van der Waals surface area (Å²) in [5.74, 6) is -0.839. The number of rotatable bonds is 6. The molecule has 0 unspecified atom stereocenters. The van der Waals surface area contributed by atoms with E-state index in [1.807, 2.05) is 30.3 Å². The predicted molar refractivity (Wildman–Crippen MR) is 105 cm³/mol. The number of hydrogen-bond acceptors (Lipinski definition) is 4. The van der Waals surface area contributed by atoms with Crippen molar-refractivity contribution in [1.82, 2.24) is 9.80 Å². The van der Waals surface area contributed by atoms with E-state index in [0.29, 0.717) is 10.6 Å². The molecule has 0 aromatic heterocycles. The third kappa shape index (κ3) is 3.86. The highest BCUT2D eigenvalue weighted by Crippen LogP contribution is 2.36. The van der Waals surface area contributed by atoms with Crippen LogP contribution in [0.2, 0.25) is 10.0 Å². The summed E-state index contributed by atoms with van der Waals surface area (Å²) in [6.45, 7) is 0.216. The molecule has 0 aliphatic carbocycles. The molecule has 2 amide bonds. The van der Waals surface area contributed by atoms with Gasteiger partial charge in [0.1, 0.15) is 5.70 Å². The first-order valence-corrected chi connectivity index (χ1v) is 9.11. The van der Waals surface area contributed by atoms with Gasteiger partial charge in [-0.15, -0.1) is 0 Å². The molecule has 0 spiro atoms. The van der Waals surface area contributed by atoms with Crippen LogP contribution in [0.3, 0.4) is 0 Å². The minimum atomic E-state index is -0.423. The van der Waals surface area contributed by atoms with Gasteiger partial charge in [-0.05, 0) is 17.7 Å². The number of benzene rings is 2. The fourth-order valence-corrected chi connectivity index (χ4v) is 3.53. The number of carbonyl (C=O) groups excluding carboxylic acids is 2. The van der Waals surface area contributed by atoms with Crippen molar-refractivity contribution in [2.45, 2.75) is 6.54 Å². The number of halogens is 2. The summed E-state index contributed by atoms with van der Waals surface area (Å²) in [6.07, 6.45) is 0. The van der Waals surface area contributed by atoms with Crippen molar-refractivity contribution in [3.05, 3.63) is 75.4 Å². The number of aliphatic hydroxyl groups is 1. The second-order valence-corrected chi connectivity index (χ2v) is 7.02. The largest absolute Gasteiger partial charge is 0.395 e. The summed E-state index contributed by atoms with van der Waals surface area (Å²) in [7, 11) is 1.66. The molecule has 0 fully saturated rings. The van der Waals surface area contributed by atoms with E-state index in [2.05, 4.69) is 0 Å². The minimum Gasteiger partial charge on any atom is -0.395 e. The monoisotopic (exact) mass is 404 g/mol. The highest BCUT2D eigenvalue weighted by atomic mass is 35.5. The second kappa shape index (κ2) is 8.13. The topological polar surface area (TPSA) is 60.9 Å². The number of likely N-dealkylation sites (N-methyl/N-ethyl adjacent to an activating group) is 1. The summed E-state index contributed by atoms with van der Waals surface area (Å²) < 4.78 is 0. The second-order valence-electron chi connectivity index (χ2n) is 6.17. The Morgan fingerprint density at radius 2 is 1.74 bits per heavy atom. The van der Waals surface area contributed by atoms with Crippen molar-refractivity contribution in [3.8, 4) is 0 Å². The lowest BCUT2D eigenvalue weighted by atomic mass is 10.0. The molecule has 5 nitrogen and oxygen atoms in total. The zero-order valence-electron chi connectivity index (χ0n) is 14.7. The van der Waals surface area contributed by atoms with Crippen molar-refractivity contribution in [3.63, 3.8) is 0 Å².